The maximum Gasteiger partial charge on any atom is 0.334 e. The lowest BCUT2D eigenvalue weighted by Gasteiger charge is -2.25. The smallest absolute Gasteiger partial charge is 0.334 e. The highest BCUT2D eigenvalue weighted by atomic mass is 16.6. The molecule has 3 aromatic rings. The predicted molar refractivity (Wildman–Crippen MR) is 119 cm³/mol. The number of carbonyl (C=O) groups excluding carboxylic acids is 2. The molecule has 1 aromatic heterocycles. The van der Waals surface area contributed by atoms with Crippen LogP contribution < -0.4 is 10.1 Å². The first-order valence-electron chi connectivity index (χ1n) is 10.1. The fourth-order valence-electron chi connectivity index (χ4n) is 3.16. The molecule has 9 nitrogen and oxygen atoms in total. The Kier molecular flexibility index (Phi) is 6.99. The quantitative estimate of drug-likeness (QED) is 0.260. The Morgan fingerprint density at radius 2 is 1.81 bits per heavy atom. The van der Waals surface area contributed by atoms with Gasteiger partial charge in [0.2, 0.25) is 0 Å². The first-order valence-corrected chi connectivity index (χ1v) is 10.1. The number of esters is 1. The minimum Gasteiger partial charge on any atom is -0.425 e. The van der Waals surface area contributed by atoms with Crippen LogP contribution in [0, 0.1) is 16.0 Å². The largest absolute Gasteiger partial charge is 0.425 e. The van der Waals surface area contributed by atoms with E-state index >= 15 is 0 Å². The zero-order valence-electron chi connectivity index (χ0n) is 18.0. The third-order valence-electron chi connectivity index (χ3n) is 4.96. The number of fused-ring (bicyclic) bond motifs is 1. The van der Waals surface area contributed by atoms with Crippen LogP contribution in [0.2, 0.25) is 0 Å². The van der Waals surface area contributed by atoms with Gasteiger partial charge in [-0.05, 0) is 29.5 Å². The SMILES string of the molecule is CC(C)[C@H](NC(=O)N(C)Cc1nccc2ccccc12)C(=O)Oc1ccc([N+](=O)[O-])cc1. The summed E-state index contributed by atoms with van der Waals surface area (Å²) in [6, 6.07) is 13.5. The lowest BCUT2D eigenvalue weighted by molar-refractivity contribution is -0.384. The average molecular weight is 436 g/mol. The molecule has 1 atom stereocenters. The van der Waals surface area contributed by atoms with Gasteiger partial charge in [-0.25, -0.2) is 9.59 Å². The van der Waals surface area contributed by atoms with E-state index in [4.69, 9.17) is 4.74 Å². The molecular weight excluding hydrogens is 412 g/mol. The average Bonchev–Trinajstić information content (AvgIpc) is 2.77. The van der Waals surface area contributed by atoms with Crippen LogP contribution >= 0.6 is 0 Å². The first-order chi connectivity index (χ1) is 15.3. The van der Waals surface area contributed by atoms with Gasteiger partial charge in [0.1, 0.15) is 11.8 Å². The number of non-ortho nitro benzene ring substituents is 1. The van der Waals surface area contributed by atoms with Crippen LogP contribution in [-0.4, -0.2) is 39.9 Å². The van der Waals surface area contributed by atoms with Gasteiger partial charge >= 0.3 is 12.0 Å². The van der Waals surface area contributed by atoms with E-state index in [1.54, 1.807) is 27.1 Å². The van der Waals surface area contributed by atoms with Crippen molar-refractivity contribution in [3.05, 3.63) is 76.6 Å². The minimum absolute atomic E-state index is 0.109. The molecule has 0 aliphatic carbocycles. The van der Waals surface area contributed by atoms with Gasteiger partial charge in [-0.1, -0.05) is 38.1 Å². The van der Waals surface area contributed by atoms with E-state index in [1.807, 2.05) is 30.3 Å². The number of nitro benzene ring substituents is 1. The standard InChI is InChI=1S/C23H24N4O5/c1-15(2)21(22(28)32-18-10-8-17(9-11-18)27(30)31)25-23(29)26(3)14-20-19-7-5-4-6-16(19)12-13-24-20/h4-13,15,21H,14H2,1-3H3,(H,25,29)/t21-/m0/s1. The third kappa shape index (κ3) is 5.37. The highest BCUT2D eigenvalue weighted by molar-refractivity contribution is 5.86. The summed E-state index contributed by atoms with van der Waals surface area (Å²) < 4.78 is 5.32. The maximum absolute atomic E-state index is 12.8. The monoisotopic (exact) mass is 436 g/mol. The van der Waals surface area contributed by atoms with E-state index in [1.165, 1.54) is 29.2 Å². The van der Waals surface area contributed by atoms with Crippen LogP contribution in [0.15, 0.2) is 60.8 Å². The summed E-state index contributed by atoms with van der Waals surface area (Å²) in [5.74, 6) is -0.735. The molecule has 0 radical (unpaired) electrons. The van der Waals surface area contributed by atoms with Gasteiger partial charge in [-0.3, -0.25) is 15.1 Å². The van der Waals surface area contributed by atoms with Crippen molar-refractivity contribution in [2.24, 2.45) is 5.92 Å². The predicted octanol–water partition coefficient (Wildman–Crippen LogP) is 3.91. The summed E-state index contributed by atoms with van der Waals surface area (Å²) in [6.45, 7) is 3.83. The molecule has 0 saturated carbocycles. The Hall–Kier alpha value is -4.01. The normalized spacial score (nSPS) is 11.8. The van der Waals surface area contributed by atoms with Crippen LogP contribution in [0.25, 0.3) is 10.8 Å². The number of nitrogens with zero attached hydrogens (tertiary/aromatic N) is 3. The number of hydrogen-bond donors (Lipinski definition) is 1. The van der Waals surface area contributed by atoms with Gasteiger partial charge in [0, 0.05) is 30.8 Å². The Balaban J connectivity index is 1.67. The lowest BCUT2D eigenvalue weighted by Crippen LogP contribution is -2.50. The van der Waals surface area contributed by atoms with Gasteiger partial charge in [0.25, 0.3) is 5.69 Å². The Morgan fingerprint density at radius 3 is 2.47 bits per heavy atom. The van der Waals surface area contributed by atoms with E-state index in [2.05, 4.69) is 10.3 Å². The molecule has 0 aliphatic heterocycles. The molecule has 0 bridgehead atoms. The van der Waals surface area contributed by atoms with Gasteiger partial charge in [0.15, 0.2) is 0 Å². The molecule has 2 aromatic carbocycles. The second kappa shape index (κ2) is 9.86. The molecule has 9 heteroatoms. The number of carbonyl (C=O) groups is 2. The molecule has 1 heterocycles. The zero-order valence-corrected chi connectivity index (χ0v) is 18.0. The molecule has 166 valence electrons. The molecule has 1 N–H and O–H groups in total. The number of rotatable bonds is 7. The second-order valence-electron chi connectivity index (χ2n) is 7.68. The fourth-order valence-corrected chi connectivity index (χ4v) is 3.16. The molecule has 32 heavy (non-hydrogen) atoms. The number of ether oxygens (including phenoxy) is 1. The Labute approximate surface area is 185 Å². The summed E-state index contributed by atoms with van der Waals surface area (Å²) in [7, 11) is 1.62. The number of hydrogen-bond acceptors (Lipinski definition) is 6. The molecule has 0 aliphatic rings. The molecule has 2 amide bonds. The highest BCUT2D eigenvalue weighted by Gasteiger charge is 2.28. The van der Waals surface area contributed by atoms with Crippen molar-refractivity contribution in [1.29, 1.82) is 0 Å². The number of pyridine rings is 1. The van der Waals surface area contributed by atoms with Crippen LogP contribution in [-0.2, 0) is 11.3 Å². The van der Waals surface area contributed by atoms with Gasteiger partial charge in [0.05, 0.1) is 17.2 Å². The van der Waals surface area contributed by atoms with Crippen molar-refractivity contribution in [1.82, 2.24) is 15.2 Å². The zero-order chi connectivity index (χ0) is 23.3. The number of nitro groups is 1. The fraction of sp³-hybridized carbons (Fsp3) is 0.261. The topological polar surface area (TPSA) is 115 Å². The maximum atomic E-state index is 12.8. The molecule has 0 unspecified atom stereocenters. The number of amides is 2. The van der Waals surface area contributed by atoms with Crippen molar-refractivity contribution in [2.45, 2.75) is 26.4 Å². The van der Waals surface area contributed by atoms with Gasteiger partial charge in [-0.2, -0.15) is 0 Å². The summed E-state index contributed by atoms with van der Waals surface area (Å²) in [4.78, 5) is 41.5. The van der Waals surface area contributed by atoms with E-state index in [0.717, 1.165) is 16.5 Å². The number of benzene rings is 2. The van der Waals surface area contributed by atoms with Crippen LogP contribution in [0.5, 0.6) is 5.75 Å². The van der Waals surface area contributed by atoms with Crippen LogP contribution in [0.1, 0.15) is 19.5 Å². The first kappa shape index (κ1) is 22.7. The molecule has 0 fully saturated rings. The number of aromatic nitrogens is 1. The molecule has 0 spiro atoms. The van der Waals surface area contributed by atoms with Gasteiger partial charge in [-0.15, -0.1) is 0 Å². The van der Waals surface area contributed by atoms with Crippen molar-refractivity contribution in [3.63, 3.8) is 0 Å². The van der Waals surface area contributed by atoms with E-state index in [9.17, 15) is 19.7 Å². The van der Waals surface area contributed by atoms with Crippen molar-refractivity contribution in [3.8, 4) is 5.75 Å². The summed E-state index contributed by atoms with van der Waals surface area (Å²) in [5, 5.41) is 15.4. The van der Waals surface area contributed by atoms with Crippen molar-refractivity contribution < 1.29 is 19.2 Å². The third-order valence-corrected chi connectivity index (χ3v) is 4.96. The Morgan fingerprint density at radius 1 is 1.12 bits per heavy atom. The number of nitrogens with one attached hydrogen (secondary N) is 1. The van der Waals surface area contributed by atoms with E-state index < -0.39 is 23.0 Å². The summed E-state index contributed by atoms with van der Waals surface area (Å²) >= 11 is 0. The van der Waals surface area contributed by atoms with Crippen LogP contribution in [0.3, 0.4) is 0 Å². The molecular formula is C23H24N4O5. The molecule has 0 saturated heterocycles. The second-order valence-corrected chi connectivity index (χ2v) is 7.68. The summed E-state index contributed by atoms with van der Waals surface area (Å²) in [5.41, 5.74) is 0.637. The van der Waals surface area contributed by atoms with Crippen LogP contribution in [0.4, 0.5) is 10.5 Å². The van der Waals surface area contributed by atoms with E-state index in [0.29, 0.717) is 0 Å². The van der Waals surface area contributed by atoms with Crippen molar-refractivity contribution >= 4 is 28.5 Å². The highest BCUT2D eigenvalue weighted by Crippen LogP contribution is 2.19. The minimum atomic E-state index is -0.902. The molecule has 3 rings (SSSR count). The Bertz CT molecular complexity index is 1130. The summed E-state index contributed by atoms with van der Waals surface area (Å²) in [6.07, 6.45) is 1.70. The number of urea groups is 1. The van der Waals surface area contributed by atoms with Crippen molar-refractivity contribution in [2.75, 3.05) is 7.05 Å². The van der Waals surface area contributed by atoms with Gasteiger partial charge < -0.3 is 15.0 Å². The van der Waals surface area contributed by atoms with E-state index in [-0.39, 0.29) is 23.9 Å². The lowest BCUT2D eigenvalue weighted by atomic mass is 10.0.